The number of sulfonamides is 1. The number of benzene rings is 2. The number of hydrogen-bond donors (Lipinski definition) is 1. The number of nitrogens with one attached hydrogen (secondary N) is 1. The van der Waals surface area contributed by atoms with Crippen molar-refractivity contribution >= 4 is 44.8 Å². The summed E-state index contributed by atoms with van der Waals surface area (Å²) in [4.78, 5) is 14.5. The van der Waals surface area contributed by atoms with Gasteiger partial charge in [-0.05, 0) is 24.3 Å². The predicted octanol–water partition coefficient (Wildman–Crippen LogP) is 3.72. The number of nitrogens with zero attached hydrogens (tertiary/aromatic N) is 1. The van der Waals surface area contributed by atoms with Crippen LogP contribution in [0.25, 0.3) is 0 Å². The van der Waals surface area contributed by atoms with E-state index in [4.69, 9.17) is 27.9 Å². The van der Waals surface area contributed by atoms with E-state index < -0.39 is 21.9 Å². The maximum Gasteiger partial charge on any atom is 0.256 e. The van der Waals surface area contributed by atoms with Crippen LogP contribution in [0.1, 0.15) is 22.0 Å². The Balaban J connectivity index is 1.86. The first-order chi connectivity index (χ1) is 13.2. The van der Waals surface area contributed by atoms with Gasteiger partial charge in [0.25, 0.3) is 5.91 Å². The molecular formula is C18H17Cl2FN2O4S. The van der Waals surface area contributed by atoms with Crippen LogP contribution in [0, 0.1) is 5.82 Å². The zero-order valence-corrected chi connectivity index (χ0v) is 17.1. The molecule has 0 radical (unpaired) electrons. The van der Waals surface area contributed by atoms with E-state index in [1.54, 1.807) is 12.1 Å². The standard InChI is InChI=1S/C18H17Cl2FN2O4S/c1-28(25,26)22-16-5-3-2-4-11(16)18(24)23-6-7-27-17(10-23)12-8-15(21)14(20)9-13(12)19/h2-5,8-9,17,22H,6-7,10H2,1H3. The molecule has 0 saturated carbocycles. The number of hydrogen-bond acceptors (Lipinski definition) is 4. The maximum absolute atomic E-state index is 13.9. The summed E-state index contributed by atoms with van der Waals surface area (Å²) in [5.74, 6) is -0.999. The number of amides is 1. The molecule has 1 N–H and O–H groups in total. The molecule has 150 valence electrons. The highest BCUT2D eigenvalue weighted by atomic mass is 35.5. The van der Waals surface area contributed by atoms with Gasteiger partial charge < -0.3 is 9.64 Å². The number of ether oxygens (including phenoxy) is 1. The summed E-state index contributed by atoms with van der Waals surface area (Å²) in [6, 6.07) is 8.81. The van der Waals surface area contributed by atoms with Crippen molar-refractivity contribution in [1.82, 2.24) is 4.90 Å². The van der Waals surface area contributed by atoms with Crippen molar-refractivity contribution in [3.63, 3.8) is 0 Å². The summed E-state index contributed by atoms with van der Waals surface area (Å²) >= 11 is 11.9. The van der Waals surface area contributed by atoms with Crippen LogP contribution in [0.2, 0.25) is 10.0 Å². The van der Waals surface area contributed by atoms with Gasteiger partial charge >= 0.3 is 0 Å². The predicted molar refractivity (Wildman–Crippen MR) is 106 cm³/mol. The number of carbonyl (C=O) groups excluding carboxylic acids is 1. The fourth-order valence-electron chi connectivity index (χ4n) is 2.94. The summed E-state index contributed by atoms with van der Waals surface area (Å²) < 4.78 is 45.0. The fraction of sp³-hybridized carbons (Fsp3) is 0.278. The van der Waals surface area contributed by atoms with Crippen LogP contribution in [0.3, 0.4) is 0 Å². The zero-order chi connectivity index (χ0) is 20.5. The van der Waals surface area contributed by atoms with E-state index in [0.717, 1.165) is 6.26 Å². The first kappa shape index (κ1) is 20.9. The Morgan fingerprint density at radius 1 is 1.25 bits per heavy atom. The Morgan fingerprint density at radius 2 is 1.96 bits per heavy atom. The van der Waals surface area contributed by atoms with Gasteiger partial charge in [-0.3, -0.25) is 9.52 Å². The van der Waals surface area contributed by atoms with E-state index in [2.05, 4.69) is 4.72 Å². The lowest BCUT2D eigenvalue weighted by Crippen LogP contribution is -2.42. The van der Waals surface area contributed by atoms with Crippen molar-refractivity contribution in [3.05, 3.63) is 63.4 Å². The SMILES string of the molecule is CS(=O)(=O)Nc1ccccc1C(=O)N1CCOC(c2cc(F)c(Cl)cc2Cl)C1. The fourth-order valence-corrected chi connectivity index (χ4v) is 4.02. The van der Waals surface area contributed by atoms with Crippen molar-refractivity contribution in [2.24, 2.45) is 0 Å². The van der Waals surface area contributed by atoms with Gasteiger partial charge in [0.1, 0.15) is 11.9 Å². The van der Waals surface area contributed by atoms with Crippen molar-refractivity contribution in [2.45, 2.75) is 6.10 Å². The highest BCUT2D eigenvalue weighted by Gasteiger charge is 2.29. The molecule has 10 heteroatoms. The molecule has 1 unspecified atom stereocenters. The molecule has 0 aromatic heterocycles. The van der Waals surface area contributed by atoms with Crippen LogP contribution in [0.4, 0.5) is 10.1 Å². The molecule has 1 aliphatic rings. The van der Waals surface area contributed by atoms with Crippen LogP contribution in [-0.2, 0) is 14.8 Å². The first-order valence-corrected chi connectivity index (χ1v) is 10.9. The molecule has 2 aromatic carbocycles. The third-order valence-electron chi connectivity index (χ3n) is 4.19. The Kier molecular flexibility index (Phi) is 6.14. The molecule has 3 rings (SSSR count). The molecule has 2 aromatic rings. The van der Waals surface area contributed by atoms with E-state index in [1.165, 1.54) is 29.2 Å². The minimum Gasteiger partial charge on any atom is -0.370 e. The molecule has 1 fully saturated rings. The average Bonchev–Trinajstić information content (AvgIpc) is 2.63. The van der Waals surface area contributed by atoms with Crippen LogP contribution in [0.5, 0.6) is 0 Å². The van der Waals surface area contributed by atoms with Crippen molar-refractivity contribution < 1.29 is 22.3 Å². The summed E-state index contributed by atoms with van der Waals surface area (Å²) in [6.07, 6.45) is 0.378. The Labute approximate surface area is 172 Å². The number of anilines is 1. The summed E-state index contributed by atoms with van der Waals surface area (Å²) in [6.45, 7) is 0.654. The van der Waals surface area contributed by atoms with E-state index in [-0.39, 0.29) is 40.4 Å². The molecule has 0 bridgehead atoms. The lowest BCUT2D eigenvalue weighted by Gasteiger charge is -2.34. The van der Waals surface area contributed by atoms with E-state index in [0.29, 0.717) is 12.1 Å². The largest absolute Gasteiger partial charge is 0.370 e. The van der Waals surface area contributed by atoms with Gasteiger partial charge in [-0.1, -0.05) is 35.3 Å². The Morgan fingerprint density at radius 3 is 2.68 bits per heavy atom. The number of carbonyl (C=O) groups is 1. The Hall–Kier alpha value is -1.87. The third-order valence-corrected chi connectivity index (χ3v) is 5.40. The van der Waals surface area contributed by atoms with Gasteiger partial charge in [0, 0.05) is 17.1 Å². The maximum atomic E-state index is 13.9. The minimum absolute atomic E-state index is 0.0988. The lowest BCUT2D eigenvalue weighted by molar-refractivity contribution is -0.0228. The lowest BCUT2D eigenvalue weighted by atomic mass is 10.1. The molecule has 1 heterocycles. The second-order valence-corrected chi connectivity index (χ2v) is 8.88. The molecule has 0 aliphatic carbocycles. The van der Waals surface area contributed by atoms with Crippen LogP contribution >= 0.6 is 23.2 Å². The van der Waals surface area contributed by atoms with Gasteiger partial charge in [-0.25, -0.2) is 12.8 Å². The molecule has 1 amide bonds. The highest BCUT2D eigenvalue weighted by molar-refractivity contribution is 7.92. The molecule has 1 aliphatic heterocycles. The number of rotatable bonds is 4. The first-order valence-electron chi connectivity index (χ1n) is 8.28. The monoisotopic (exact) mass is 446 g/mol. The van der Waals surface area contributed by atoms with Crippen LogP contribution < -0.4 is 4.72 Å². The smallest absolute Gasteiger partial charge is 0.256 e. The quantitative estimate of drug-likeness (QED) is 0.726. The second kappa shape index (κ2) is 8.24. The third kappa shape index (κ3) is 4.75. The van der Waals surface area contributed by atoms with Gasteiger partial charge in [-0.2, -0.15) is 0 Å². The summed E-state index contributed by atoms with van der Waals surface area (Å²) in [5, 5.41) is 0.142. The molecule has 28 heavy (non-hydrogen) atoms. The van der Waals surface area contributed by atoms with Gasteiger partial charge in [0.2, 0.25) is 10.0 Å². The summed E-state index contributed by atoms with van der Waals surface area (Å²) in [5.41, 5.74) is 0.791. The van der Waals surface area contributed by atoms with E-state index in [1.807, 2.05) is 0 Å². The molecule has 6 nitrogen and oxygen atoms in total. The second-order valence-electron chi connectivity index (χ2n) is 6.32. The molecular weight excluding hydrogens is 430 g/mol. The van der Waals surface area contributed by atoms with E-state index in [9.17, 15) is 17.6 Å². The van der Waals surface area contributed by atoms with Crippen molar-refractivity contribution in [1.29, 1.82) is 0 Å². The Bertz CT molecular complexity index is 1020. The summed E-state index contributed by atoms with van der Waals surface area (Å²) in [7, 11) is -3.55. The minimum atomic E-state index is -3.55. The highest BCUT2D eigenvalue weighted by Crippen LogP contribution is 2.33. The number of morpholine rings is 1. The van der Waals surface area contributed by atoms with Gasteiger partial charge in [-0.15, -0.1) is 0 Å². The molecule has 0 spiro atoms. The average molecular weight is 447 g/mol. The van der Waals surface area contributed by atoms with E-state index >= 15 is 0 Å². The normalized spacial score (nSPS) is 17.4. The van der Waals surface area contributed by atoms with Gasteiger partial charge in [0.15, 0.2) is 0 Å². The number of para-hydroxylation sites is 1. The van der Waals surface area contributed by atoms with Crippen molar-refractivity contribution in [3.8, 4) is 0 Å². The number of halogens is 3. The topological polar surface area (TPSA) is 75.7 Å². The molecule has 1 atom stereocenters. The van der Waals surface area contributed by atoms with Crippen LogP contribution in [-0.4, -0.2) is 45.2 Å². The molecule has 1 saturated heterocycles. The van der Waals surface area contributed by atoms with Crippen LogP contribution in [0.15, 0.2) is 36.4 Å². The van der Waals surface area contributed by atoms with Crippen molar-refractivity contribution in [2.75, 3.05) is 30.7 Å². The van der Waals surface area contributed by atoms with Gasteiger partial charge in [0.05, 0.1) is 35.7 Å². The zero-order valence-electron chi connectivity index (χ0n) is 14.8.